The summed E-state index contributed by atoms with van der Waals surface area (Å²) in [6.45, 7) is 6.90. The van der Waals surface area contributed by atoms with Crippen LogP contribution >= 0.6 is 0 Å². The van der Waals surface area contributed by atoms with Crippen LogP contribution in [0.25, 0.3) is 0 Å². The van der Waals surface area contributed by atoms with Gasteiger partial charge in [-0.1, -0.05) is 0 Å². The summed E-state index contributed by atoms with van der Waals surface area (Å²) in [5, 5.41) is 8.96. The summed E-state index contributed by atoms with van der Waals surface area (Å²) in [6, 6.07) is 0. The molecule has 3 aliphatic rings. The molecule has 18 heavy (non-hydrogen) atoms. The van der Waals surface area contributed by atoms with E-state index < -0.39 is 0 Å². The molecule has 0 bridgehead atoms. The zero-order valence-electron chi connectivity index (χ0n) is 10.6. The molecule has 0 aliphatic carbocycles. The van der Waals surface area contributed by atoms with Gasteiger partial charge in [0.25, 0.3) is 0 Å². The van der Waals surface area contributed by atoms with Crippen LogP contribution in [0.2, 0.25) is 0 Å². The number of hydrazine groups is 3. The van der Waals surface area contributed by atoms with Crippen molar-refractivity contribution in [2.75, 3.05) is 52.6 Å². The van der Waals surface area contributed by atoms with Gasteiger partial charge < -0.3 is 9.47 Å². The van der Waals surface area contributed by atoms with E-state index in [4.69, 9.17) is 9.47 Å². The Kier molecular flexibility index (Phi) is 3.80. The lowest BCUT2D eigenvalue weighted by molar-refractivity contribution is -0.249. The van der Waals surface area contributed by atoms with Crippen LogP contribution in [-0.4, -0.2) is 72.9 Å². The Balaban J connectivity index is 1.69. The number of allylic oxidation sites excluding steroid dienone is 2. The van der Waals surface area contributed by atoms with Crippen molar-refractivity contribution in [3.05, 3.63) is 24.6 Å². The molecule has 6 nitrogen and oxygen atoms in total. The molecular weight excluding hydrogens is 232 g/mol. The summed E-state index contributed by atoms with van der Waals surface area (Å²) in [7, 11) is 0. The second kappa shape index (κ2) is 5.71. The highest BCUT2D eigenvalue weighted by Crippen LogP contribution is 2.16. The fourth-order valence-corrected chi connectivity index (χ4v) is 2.35. The maximum Gasteiger partial charge on any atom is 0.0613 e. The number of ether oxygens (including phenoxy) is 2. The first-order valence-corrected chi connectivity index (χ1v) is 6.54. The average molecular weight is 252 g/mol. The molecule has 0 aromatic rings. The van der Waals surface area contributed by atoms with Crippen molar-refractivity contribution in [2.24, 2.45) is 0 Å². The van der Waals surface area contributed by atoms with Crippen LogP contribution in [0.15, 0.2) is 24.6 Å². The standard InChI is InChI=1S/C12H20N4O2/c1-2-4-16(14-7-11-18-12-8-14)15(3-1)13-5-9-17-10-6-13/h1-4H,5-12H2. The van der Waals surface area contributed by atoms with E-state index >= 15 is 0 Å². The van der Waals surface area contributed by atoms with E-state index in [0.29, 0.717) is 0 Å². The third-order valence-corrected chi connectivity index (χ3v) is 3.31. The Morgan fingerprint density at radius 1 is 0.611 bits per heavy atom. The molecule has 6 heteroatoms. The van der Waals surface area contributed by atoms with Crippen LogP contribution in [-0.2, 0) is 9.47 Å². The third-order valence-electron chi connectivity index (χ3n) is 3.31. The predicted octanol–water partition coefficient (Wildman–Crippen LogP) is 0.0408. The molecule has 0 N–H and O–H groups in total. The molecule has 0 saturated carbocycles. The predicted molar refractivity (Wildman–Crippen MR) is 66.7 cm³/mol. The monoisotopic (exact) mass is 252 g/mol. The van der Waals surface area contributed by atoms with E-state index in [1.54, 1.807) is 0 Å². The number of hydrogen-bond donors (Lipinski definition) is 0. The molecule has 3 rings (SSSR count). The molecule has 100 valence electrons. The van der Waals surface area contributed by atoms with Crippen LogP contribution in [0.4, 0.5) is 0 Å². The van der Waals surface area contributed by atoms with E-state index in [-0.39, 0.29) is 0 Å². The van der Waals surface area contributed by atoms with Crippen LogP contribution in [0, 0.1) is 0 Å². The van der Waals surface area contributed by atoms with Crippen LogP contribution in [0.1, 0.15) is 0 Å². The van der Waals surface area contributed by atoms with Gasteiger partial charge in [-0.15, -0.1) is 0 Å². The number of nitrogens with zero attached hydrogens (tertiary/aromatic N) is 4. The molecule has 3 heterocycles. The average Bonchev–Trinajstić information content (AvgIpc) is 2.49. The van der Waals surface area contributed by atoms with Crippen molar-refractivity contribution in [3.63, 3.8) is 0 Å². The van der Waals surface area contributed by atoms with E-state index in [1.807, 2.05) is 0 Å². The molecule has 2 fully saturated rings. The Morgan fingerprint density at radius 3 is 1.39 bits per heavy atom. The Labute approximate surface area is 108 Å². The van der Waals surface area contributed by atoms with Gasteiger partial charge in [0, 0.05) is 38.6 Å². The molecule has 0 spiro atoms. The zero-order valence-corrected chi connectivity index (χ0v) is 10.6. The van der Waals surface area contributed by atoms with Gasteiger partial charge in [-0.25, -0.2) is 10.2 Å². The molecule has 0 radical (unpaired) electrons. The molecule has 0 aromatic heterocycles. The lowest BCUT2D eigenvalue weighted by atomic mass is 10.4. The van der Waals surface area contributed by atoms with Gasteiger partial charge in [-0.3, -0.25) is 0 Å². The highest BCUT2D eigenvalue weighted by atomic mass is 16.5. The summed E-state index contributed by atoms with van der Waals surface area (Å²) in [4.78, 5) is 0. The molecule has 0 amide bonds. The number of hydrogen-bond acceptors (Lipinski definition) is 6. The second-order valence-corrected chi connectivity index (χ2v) is 4.46. The Hall–Kier alpha value is -1.08. The highest BCUT2D eigenvalue weighted by Gasteiger charge is 2.26. The molecule has 0 atom stereocenters. The fourth-order valence-electron chi connectivity index (χ4n) is 2.35. The van der Waals surface area contributed by atoms with Crippen LogP contribution in [0.5, 0.6) is 0 Å². The van der Waals surface area contributed by atoms with Crippen molar-refractivity contribution >= 4 is 0 Å². The fraction of sp³-hybridized carbons (Fsp3) is 0.667. The first kappa shape index (κ1) is 12.0. The van der Waals surface area contributed by atoms with Gasteiger partial charge >= 0.3 is 0 Å². The summed E-state index contributed by atoms with van der Waals surface area (Å²) >= 11 is 0. The second-order valence-electron chi connectivity index (χ2n) is 4.46. The Bertz CT molecular complexity index is 290. The minimum absolute atomic E-state index is 0.797. The lowest BCUT2D eigenvalue weighted by Crippen LogP contribution is -2.59. The van der Waals surface area contributed by atoms with E-state index in [9.17, 15) is 0 Å². The van der Waals surface area contributed by atoms with Crippen molar-refractivity contribution in [1.29, 1.82) is 0 Å². The van der Waals surface area contributed by atoms with Crippen molar-refractivity contribution in [1.82, 2.24) is 20.3 Å². The number of morpholine rings is 2. The van der Waals surface area contributed by atoms with Crippen molar-refractivity contribution < 1.29 is 9.47 Å². The van der Waals surface area contributed by atoms with E-state index in [0.717, 1.165) is 52.6 Å². The number of rotatable bonds is 2. The van der Waals surface area contributed by atoms with Gasteiger partial charge in [0.15, 0.2) is 0 Å². The molecule has 3 aliphatic heterocycles. The zero-order chi connectivity index (χ0) is 12.2. The molecule has 0 aromatic carbocycles. The first-order valence-electron chi connectivity index (χ1n) is 6.54. The maximum atomic E-state index is 5.41. The highest BCUT2D eigenvalue weighted by molar-refractivity contribution is 5.05. The smallest absolute Gasteiger partial charge is 0.0613 e. The molecule has 0 unspecified atom stereocenters. The minimum Gasteiger partial charge on any atom is -0.379 e. The first-order chi connectivity index (χ1) is 8.95. The van der Waals surface area contributed by atoms with Gasteiger partial charge in [0.05, 0.1) is 26.4 Å². The van der Waals surface area contributed by atoms with Crippen molar-refractivity contribution in [2.45, 2.75) is 0 Å². The van der Waals surface area contributed by atoms with Gasteiger partial charge in [-0.05, 0) is 12.2 Å². The minimum atomic E-state index is 0.797. The summed E-state index contributed by atoms with van der Waals surface area (Å²) in [5.74, 6) is 0. The summed E-state index contributed by atoms with van der Waals surface area (Å²) < 4.78 is 10.8. The normalized spacial score (nSPS) is 26.9. The lowest BCUT2D eigenvalue weighted by Gasteiger charge is -2.48. The molecule has 2 saturated heterocycles. The SMILES string of the molecule is C1=CN(N2CCOCC2)N(N2CCOCC2)C=C1. The Morgan fingerprint density at radius 2 is 1.00 bits per heavy atom. The van der Waals surface area contributed by atoms with Crippen molar-refractivity contribution in [3.8, 4) is 0 Å². The summed E-state index contributed by atoms with van der Waals surface area (Å²) in [5.41, 5.74) is 0. The topological polar surface area (TPSA) is 31.4 Å². The van der Waals surface area contributed by atoms with Crippen LogP contribution in [0.3, 0.4) is 0 Å². The largest absolute Gasteiger partial charge is 0.379 e. The van der Waals surface area contributed by atoms with Crippen LogP contribution < -0.4 is 0 Å². The van der Waals surface area contributed by atoms with Gasteiger partial charge in [-0.2, -0.15) is 10.0 Å². The summed E-state index contributed by atoms with van der Waals surface area (Å²) in [6.07, 6.45) is 8.32. The maximum absolute atomic E-state index is 5.41. The quantitative estimate of drug-likeness (QED) is 0.690. The van der Waals surface area contributed by atoms with E-state index in [2.05, 4.69) is 44.8 Å². The third kappa shape index (κ3) is 2.51. The van der Waals surface area contributed by atoms with Gasteiger partial charge in [0.1, 0.15) is 0 Å². The van der Waals surface area contributed by atoms with E-state index in [1.165, 1.54) is 0 Å². The van der Waals surface area contributed by atoms with Gasteiger partial charge in [0.2, 0.25) is 0 Å². The molecular formula is C12H20N4O2.